The molecule has 1 aromatic rings. The lowest BCUT2D eigenvalue weighted by Gasteiger charge is -2.36. The summed E-state index contributed by atoms with van der Waals surface area (Å²) in [5, 5.41) is 7.73. The molecule has 3 rings (SSSR count). The zero-order valence-electron chi connectivity index (χ0n) is 11.0. The fourth-order valence-electron chi connectivity index (χ4n) is 3.25. The molecule has 1 atom stereocenters. The topological polar surface area (TPSA) is 46.0 Å². The molecule has 2 saturated heterocycles. The third-order valence-electron chi connectivity index (χ3n) is 4.27. The molecule has 3 heterocycles. The minimum Gasteiger partial charge on any atom is -0.317 e. The monoisotopic (exact) mass is 249 g/mol. The Morgan fingerprint density at radius 2 is 2.11 bits per heavy atom. The average molecular weight is 249 g/mol. The predicted octanol–water partition coefficient (Wildman–Crippen LogP) is 0.915. The second-order valence-corrected chi connectivity index (χ2v) is 5.62. The van der Waals surface area contributed by atoms with E-state index in [2.05, 4.69) is 20.3 Å². The first-order valence-electron chi connectivity index (χ1n) is 7.19. The van der Waals surface area contributed by atoms with Crippen LogP contribution in [0.25, 0.3) is 0 Å². The molecule has 0 amide bonds. The lowest BCUT2D eigenvalue weighted by atomic mass is 9.96. The van der Waals surface area contributed by atoms with E-state index in [1.54, 1.807) is 6.33 Å². The van der Waals surface area contributed by atoms with Gasteiger partial charge < -0.3 is 10.2 Å². The van der Waals surface area contributed by atoms with Gasteiger partial charge in [-0.05, 0) is 51.2 Å². The number of aromatic nitrogens is 3. The molecule has 1 N–H and O–H groups in total. The molecule has 0 spiro atoms. The molecule has 1 unspecified atom stereocenters. The van der Waals surface area contributed by atoms with E-state index < -0.39 is 0 Å². The third-order valence-corrected chi connectivity index (χ3v) is 4.27. The van der Waals surface area contributed by atoms with Gasteiger partial charge in [-0.25, -0.2) is 9.67 Å². The van der Waals surface area contributed by atoms with Gasteiger partial charge in [-0.1, -0.05) is 0 Å². The van der Waals surface area contributed by atoms with Crippen molar-refractivity contribution >= 4 is 0 Å². The number of nitrogens with one attached hydrogen (secondary N) is 1. The van der Waals surface area contributed by atoms with E-state index in [4.69, 9.17) is 0 Å². The smallest absolute Gasteiger partial charge is 0.137 e. The van der Waals surface area contributed by atoms with Crippen molar-refractivity contribution < 1.29 is 0 Å². The molecule has 2 fully saturated rings. The number of hydrogen-bond acceptors (Lipinski definition) is 4. The van der Waals surface area contributed by atoms with Crippen molar-refractivity contribution in [3.05, 3.63) is 12.7 Å². The Hall–Kier alpha value is -0.940. The molecule has 2 aliphatic rings. The normalized spacial score (nSPS) is 27.4. The van der Waals surface area contributed by atoms with Crippen LogP contribution in [0.2, 0.25) is 0 Å². The largest absolute Gasteiger partial charge is 0.317 e. The van der Waals surface area contributed by atoms with Gasteiger partial charge >= 0.3 is 0 Å². The lowest BCUT2D eigenvalue weighted by Crippen LogP contribution is -2.41. The van der Waals surface area contributed by atoms with E-state index in [-0.39, 0.29) is 0 Å². The summed E-state index contributed by atoms with van der Waals surface area (Å²) in [4.78, 5) is 6.69. The van der Waals surface area contributed by atoms with Gasteiger partial charge in [-0.2, -0.15) is 5.10 Å². The second-order valence-electron chi connectivity index (χ2n) is 5.62. The van der Waals surface area contributed by atoms with Crippen LogP contribution in [0.5, 0.6) is 0 Å². The minimum atomic E-state index is 0.531. The molecule has 0 saturated carbocycles. The van der Waals surface area contributed by atoms with Crippen LogP contribution in [0, 0.1) is 5.92 Å². The van der Waals surface area contributed by atoms with Gasteiger partial charge in [0.2, 0.25) is 0 Å². The Morgan fingerprint density at radius 3 is 2.89 bits per heavy atom. The Bertz CT molecular complexity index is 344. The molecule has 0 bridgehead atoms. The summed E-state index contributed by atoms with van der Waals surface area (Å²) >= 11 is 0. The van der Waals surface area contributed by atoms with Gasteiger partial charge in [-0.3, -0.25) is 0 Å². The van der Waals surface area contributed by atoms with Gasteiger partial charge in [0.05, 0.1) is 6.04 Å². The van der Waals surface area contributed by atoms with E-state index in [9.17, 15) is 0 Å². The molecule has 5 nitrogen and oxygen atoms in total. The molecule has 0 aromatic carbocycles. The first-order chi connectivity index (χ1) is 8.92. The van der Waals surface area contributed by atoms with Crippen LogP contribution in [0.1, 0.15) is 31.7 Å². The molecular weight excluding hydrogens is 226 g/mol. The minimum absolute atomic E-state index is 0.531. The lowest BCUT2D eigenvalue weighted by molar-refractivity contribution is 0.137. The maximum absolute atomic E-state index is 4.29. The van der Waals surface area contributed by atoms with Crippen molar-refractivity contribution in [2.75, 3.05) is 32.7 Å². The summed E-state index contributed by atoms with van der Waals surface area (Å²) in [5.41, 5.74) is 0. The van der Waals surface area contributed by atoms with Crippen LogP contribution in [-0.2, 0) is 0 Å². The summed E-state index contributed by atoms with van der Waals surface area (Å²) in [7, 11) is 0. The number of likely N-dealkylation sites (tertiary alicyclic amines) is 1. The quantitative estimate of drug-likeness (QED) is 0.865. The fourth-order valence-corrected chi connectivity index (χ4v) is 3.25. The zero-order valence-corrected chi connectivity index (χ0v) is 11.0. The van der Waals surface area contributed by atoms with Gasteiger partial charge in [0.25, 0.3) is 0 Å². The molecule has 2 aliphatic heterocycles. The average Bonchev–Trinajstić information content (AvgIpc) is 2.94. The van der Waals surface area contributed by atoms with E-state index in [1.165, 1.54) is 51.9 Å². The highest BCUT2D eigenvalue weighted by Gasteiger charge is 2.24. The molecular formula is C13H23N5. The predicted molar refractivity (Wildman–Crippen MR) is 70.3 cm³/mol. The maximum atomic E-state index is 4.29. The van der Waals surface area contributed by atoms with Crippen LogP contribution in [-0.4, -0.2) is 52.4 Å². The number of rotatable bonds is 3. The number of hydrogen-bond donors (Lipinski definition) is 1. The van der Waals surface area contributed by atoms with E-state index in [0.717, 1.165) is 12.5 Å². The number of piperidine rings is 2. The standard InChI is InChI=1S/C13H23N5/c1-2-13(18-11-15-10-16-18)9-17(7-1)8-12-3-5-14-6-4-12/h10-14H,1-9H2. The SMILES string of the molecule is c1ncn(C2CCCN(CC3CCNCC3)C2)n1. The van der Waals surface area contributed by atoms with Crippen LogP contribution >= 0.6 is 0 Å². The Morgan fingerprint density at radius 1 is 1.22 bits per heavy atom. The number of nitrogens with zero attached hydrogens (tertiary/aromatic N) is 4. The molecule has 18 heavy (non-hydrogen) atoms. The molecule has 0 radical (unpaired) electrons. The van der Waals surface area contributed by atoms with Crippen LogP contribution in [0.15, 0.2) is 12.7 Å². The highest BCUT2D eigenvalue weighted by molar-refractivity contribution is 4.80. The second kappa shape index (κ2) is 5.80. The molecule has 1 aromatic heterocycles. The van der Waals surface area contributed by atoms with Crippen LogP contribution in [0.3, 0.4) is 0 Å². The van der Waals surface area contributed by atoms with E-state index >= 15 is 0 Å². The van der Waals surface area contributed by atoms with Crippen molar-refractivity contribution in [3.63, 3.8) is 0 Å². The molecule has 5 heteroatoms. The molecule has 100 valence electrons. The summed E-state index contributed by atoms with van der Waals surface area (Å²) in [6.07, 6.45) is 8.71. The highest BCUT2D eigenvalue weighted by Crippen LogP contribution is 2.22. The highest BCUT2D eigenvalue weighted by atomic mass is 15.3. The van der Waals surface area contributed by atoms with Crippen molar-refractivity contribution in [2.45, 2.75) is 31.7 Å². The Balaban J connectivity index is 1.53. The van der Waals surface area contributed by atoms with Crippen LogP contribution in [0.4, 0.5) is 0 Å². The maximum Gasteiger partial charge on any atom is 0.137 e. The van der Waals surface area contributed by atoms with E-state index in [0.29, 0.717) is 6.04 Å². The Kier molecular flexibility index (Phi) is 3.90. The van der Waals surface area contributed by atoms with Crippen LogP contribution < -0.4 is 5.32 Å². The molecule has 0 aliphatic carbocycles. The summed E-state index contributed by atoms with van der Waals surface area (Å²) < 4.78 is 2.04. The first kappa shape index (κ1) is 12.1. The zero-order chi connectivity index (χ0) is 12.2. The van der Waals surface area contributed by atoms with Crippen molar-refractivity contribution in [2.24, 2.45) is 5.92 Å². The third kappa shape index (κ3) is 2.90. The Labute approximate surface area is 109 Å². The summed E-state index contributed by atoms with van der Waals surface area (Å²) in [6, 6.07) is 0.531. The van der Waals surface area contributed by atoms with Gasteiger partial charge in [0, 0.05) is 13.1 Å². The van der Waals surface area contributed by atoms with Gasteiger partial charge in [0.1, 0.15) is 12.7 Å². The van der Waals surface area contributed by atoms with Gasteiger partial charge in [0.15, 0.2) is 0 Å². The first-order valence-corrected chi connectivity index (χ1v) is 7.19. The van der Waals surface area contributed by atoms with Crippen molar-refractivity contribution in [1.29, 1.82) is 0 Å². The van der Waals surface area contributed by atoms with Crippen molar-refractivity contribution in [3.8, 4) is 0 Å². The van der Waals surface area contributed by atoms with Crippen molar-refractivity contribution in [1.82, 2.24) is 25.0 Å². The van der Waals surface area contributed by atoms with E-state index in [1.807, 2.05) is 11.0 Å². The fraction of sp³-hybridized carbons (Fsp3) is 0.846. The van der Waals surface area contributed by atoms with Gasteiger partial charge in [-0.15, -0.1) is 0 Å². The summed E-state index contributed by atoms with van der Waals surface area (Å²) in [6.45, 7) is 6.07. The summed E-state index contributed by atoms with van der Waals surface area (Å²) in [5.74, 6) is 0.890.